The molecule has 0 aliphatic heterocycles. The Morgan fingerprint density at radius 2 is 1.90 bits per heavy atom. The molecule has 0 spiro atoms. The van der Waals surface area contributed by atoms with Gasteiger partial charge in [0.1, 0.15) is 6.54 Å². The highest BCUT2D eigenvalue weighted by Crippen LogP contribution is 2.43. The molecule has 1 aliphatic rings. The van der Waals surface area contributed by atoms with Gasteiger partial charge in [0.25, 0.3) is 0 Å². The summed E-state index contributed by atoms with van der Waals surface area (Å²) in [5, 5.41) is 9.00. The van der Waals surface area contributed by atoms with Gasteiger partial charge in [-0.2, -0.15) is 0 Å². The van der Waals surface area contributed by atoms with Gasteiger partial charge in [-0.05, 0) is 36.9 Å². The molecule has 0 bridgehead atoms. The van der Waals surface area contributed by atoms with Crippen LogP contribution in [0, 0.1) is 5.41 Å². The molecular weight excluding hydrogens is 256 g/mol. The van der Waals surface area contributed by atoms with Crippen LogP contribution in [0.1, 0.15) is 25.7 Å². The zero-order valence-corrected chi connectivity index (χ0v) is 11.4. The van der Waals surface area contributed by atoms with Gasteiger partial charge in [0.15, 0.2) is 0 Å². The molecule has 5 heteroatoms. The number of carbonyl (C=O) groups is 2. The molecule has 5 nitrogen and oxygen atoms in total. The zero-order chi connectivity index (χ0) is 14.6. The van der Waals surface area contributed by atoms with Crippen LogP contribution in [-0.2, 0) is 9.59 Å². The summed E-state index contributed by atoms with van der Waals surface area (Å²) in [7, 11) is 0. The minimum absolute atomic E-state index is 0.122. The number of aliphatic carboxylic acids is 1. The van der Waals surface area contributed by atoms with Gasteiger partial charge in [0.2, 0.25) is 5.91 Å². The number of benzene rings is 1. The third-order valence-corrected chi connectivity index (χ3v) is 4.04. The largest absolute Gasteiger partial charge is 0.480 e. The molecular formula is C15H20N2O3. The Morgan fingerprint density at radius 1 is 1.25 bits per heavy atom. The van der Waals surface area contributed by atoms with Crippen molar-refractivity contribution in [3.05, 3.63) is 30.3 Å². The maximum Gasteiger partial charge on any atom is 0.323 e. The SMILES string of the molecule is NCC1(CC(=O)N(CC(=O)O)c2ccccc2)CCC1. The lowest BCUT2D eigenvalue weighted by Crippen LogP contribution is -2.44. The first-order valence-electron chi connectivity index (χ1n) is 6.84. The lowest BCUT2D eigenvalue weighted by Gasteiger charge is -2.41. The van der Waals surface area contributed by atoms with Crippen molar-refractivity contribution in [1.29, 1.82) is 0 Å². The van der Waals surface area contributed by atoms with Crippen LogP contribution in [0.3, 0.4) is 0 Å². The Labute approximate surface area is 118 Å². The lowest BCUT2D eigenvalue weighted by molar-refractivity contribution is -0.137. The number of nitrogens with two attached hydrogens (primary N) is 1. The zero-order valence-electron chi connectivity index (χ0n) is 11.4. The average molecular weight is 276 g/mol. The maximum absolute atomic E-state index is 12.5. The summed E-state index contributed by atoms with van der Waals surface area (Å²) in [6.07, 6.45) is 3.32. The van der Waals surface area contributed by atoms with Gasteiger partial charge in [0.05, 0.1) is 0 Å². The van der Waals surface area contributed by atoms with Crippen molar-refractivity contribution in [2.75, 3.05) is 18.0 Å². The summed E-state index contributed by atoms with van der Waals surface area (Å²) in [6, 6.07) is 8.91. The van der Waals surface area contributed by atoms with Crippen LogP contribution in [0.5, 0.6) is 0 Å². The summed E-state index contributed by atoms with van der Waals surface area (Å²) >= 11 is 0. The Kier molecular flexibility index (Phi) is 4.39. The minimum atomic E-state index is -1.02. The van der Waals surface area contributed by atoms with Gasteiger partial charge in [-0.1, -0.05) is 24.6 Å². The van der Waals surface area contributed by atoms with E-state index in [2.05, 4.69) is 0 Å². The van der Waals surface area contributed by atoms with E-state index >= 15 is 0 Å². The third-order valence-electron chi connectivity index (χ3n) is 4.04. The Hall–Kier alpha value is -1.88. The number of nitrogens with zero attached hydrogens (tertiary/aromatic N) is 1. The van der Waals surface area contributed by atoms with Crippen LogP contribution < -0.4 is 10.6 Å². The first-order chi connectivity index (χ1) is 9.56. The van der Waals surface area contributed by atoms with Crippen molar-refractivity contribution in [3.8, 4) is 0 Å². The molecule has 0 radical (unpaired) electrons. The van der Waals surface area contributed by atoms with Gasteiger partial charge < -0.3 is 15.7 Å². The number of hydrogen-bond acceptors (Lipinski definition) is 3. The number of rotatable bonds is 6. The Balaban J connectivity index is 2.14. The molecule has 0 heterocycles. The maximum atomic E-state index is 12.5. The van der Waals surface area contributed by atoms with Crippen molar-refractivity contribution in [3.63, 3.8) is 0 Å². The fourth-order valence-electron chi connectivity index (χ4n) is 2.61. The first kappa shape index (κ1) is 14.5. The van der Waals surface area contributed by atoms with Gasteiger partial charge in [0, 0.05) is 12.1 Å². The molecule has 2 rings (SSSR count). The molecule has 1 amide bonds. The Bertz CT molecular complexity index is 478. The van der Waals surface area contributed by atoms with Crippen LogP contribution >= 0.6 is 0 Å². The van der Waals surface area contributed by atoms with Gasteiger partial charge in [-0.3, -0.25) is 9.59 Å². The molecule has 0 aromatic heterocycles. The second-order valence-electron chi connectivity index (χ2n) is 5.44. The number of amides is 1. The van der Waals surface area contributed by atoms with Crippen molar-refractivity contribution >= 4 is 17.6 Å². The summed E-state index contributed by atoms with van der Waals surface area (Å²) in [5.41, 5.74) is 6.26. The van der Waals surface area contributed by atoms with Crippen molar-refractivity contribution in [2.45, 2.75) is 25.7 Å². The van der Waals surface area contributed by atoms with E-state index in [-0.39, 0.29) is 17.9 Å². The number of carbonyl (C=O) groups excluding carboxylic acids is 1. The van der Waals surface area contributed by atoms with E-state index in [1.165, 1.54) is 4.90 Å². The summed E-state index contributed by atoms with van der Waals surface area (Å²) in [4.78, 5) is 24.8. The van der Waals surface area contributed by atoms with E-state index in [1.807, 2.05) is 6.07 Å². The van der Waals surface area contributed by atoms with Crippen molar-refractivity contribution < 1.29 is 14.7 Å². The second-order valence-corrected chi connectivity index (χ2v) is 5.44. The number of carboxylic acids is 1. The number of para-hydroxylation sites is 1. The molecule has 1 aliphatic carbocycles. The van der Waals surface area contributed by atoms with E-state index in [9.17, 15) is 9.59 Å². The van der Waals surface area contributed by atoms with Gasteiger partial charge >= 0.3 is 5.97 Å². The molecule has 0 saturated heterocycles. The predicted molar refractivity (Wildman–Crippen MR) is 76.4 cm³/mol. The molecule has 0 unspecified atom stereocenters. The molecule has 108 valence electrons. The summed E-state index contributed by atoms with van der Waals surface area (Å²) < 4.78 is 0. The van der Waals surface area contributed by atoms with Crippen molar-refractivity contribution in [2.24, 2.45) is 11.1 Å². The predicted octanol–water partition coefficient (Wildman–Crippen LogP) is 1.62. The molecule has 1 aromatic rings. The Morgan fingerprint density at radius 3 is 2.35 bits per heavy atom. The second kappa shape index (κ2) is 6.05. The molecule has 1 aromatic carbocycles. The van der Waals surface area contributed by atoms with Gasteiger partial charge in [-0.15, -0.1) is 0 Å². The van der Waals surface area contributed by atoms with Crippen LogP contribution in [0.2, 0.25) is 0 Å². The normalized spacial score (nSPS) is 16.2. The lowest BCUT2D eigenvalue weighted by atomic mass is 9.66. The fourth-order valence-corrected chi connectivity index (χ4v) is 2.61. The highest BCUT2D eigenvalue weighted by molar-refractivity contribution is 5.97. The number of carboxylic acid groups (broad SMARTS) is 1. The van der Waals surface area contributed by atoms with Crippen LogP contribution in [-0.4, -0.2) is 30.1 Å². The van der Waals surface area contributed by atoms with E-state index in [1.54, 1.807) is 24.3 Å². The molecule has 0 atom stereocenters. The highest BCUT2D eigenvalue weighted by atomic mass is 16.4. The summed E-state index contributed by atoms with van der Waals surface area (Å²) in [6.45, 7) is 0.165. The van der Waals surface area contributed by atoms with E-state index in [4.69, 9.17) is 10.8 Å². The topological polar surface area (TPSA) is 83.6 Å². The van der Waals surface area contributed by atoms with Crippen molar-refractivity contribution in [1.82, 2.24) is 0 Å². The van der Waals surface area contributed by atoms with Crippen LogP contribution in [0.15, 0.2) is 30.3 Å². The van der Waals surface area contributed by atoms with E-state index < -0.39 is 5.97 Å². The molecule has 1 saturated carbocycles. The minimum Gasteiger partial charge on any atom is -0.480 e. The monoisotopic (exact) mass is 276 g/mol. The molecule has 3 N–H and O–H groups in total. The highest BCUT2D eigenvalue weighted by Gasteiger charge is 2.39. The van der Waals surface area contributed by atoms with Gasteiger partial charge in [-0.25, -0.2) is 0 Å². The number of anilines is 1. The quantitative estimate of drug-likeness (QED) is 0.827. The fraction of sp³-hybridized carbons (Fsp3) is 0.467. The average Bonchev–Trinajstić information content (AvgIpc) is 2.41. The van der Waals surface area contributed by atoms with Crippen LogP contribution in [0.4, 0.5) is 5.69 Å². The third kappa shape index (κ3) is 3.17. The molecule has 1 fully saturated rings. The van der Waals surface area contributed by atoms with E-state index in [0.717, 1.165) is 19.3 Å². The van der Waals surface area contributed by atoms with Crippen LogP contribution in [0.25, 0.3) is 0 Å². The standard InChI is InChI=1S/C15H20N2O3/c16-11-15(7-4-8-15)9-13(18)17(10-14(19)20)12-5-2-1-3-6-12/h1-3,5-6H,4,7-11,16H2,(H,19,20). The van der Waals surface area contributed by atoms with E-state index in [0.29, 0.717) is 18.7 Å². The first-order valence-corrected chi connectivity index (χ1v) is 6.84. The molecule has 20 heavy (non-hydrogen) atoms. The smallest absolute Gasteiger partial charge is 0.323 e. The number of hydrogen-bond donors (Lipinski definition) is 2. The summed E-state index contributed by atoms with van der Waals surface area (Å²) in [5.74, 6) is -1.18.